The van der Waals surface area contributed by atoms with Gasteiger partial charge in [-0.2, -0.15) is 0 Å². The van der Waals surface area contributed by atoms with Crippen LogP contribution in [0.5, 0.6) is 0 Å². The van der Waals surface area contributed by atoms with Gasteiger partial charge in [-0.1, -0.05) is 11.6 Å². The number of benzene rings is 1. The van der Waals surface area contributed by atoms with E-state index in [0.29, 0.717) is 36.5 Å². The minimum absolute atomic E-state index is 0.0836. The third-order valence-corrected chi connectivity index (χ3v) is 2.97. The highest BCUT2D eigenvalue weighted by Crippen LogP contribution is 2.27. The van der Waals surface area contributed by atoms with Crippen molar-refractivity contribution >= 4 is 28.9 Å². The van der Waals surface area contributed by atoms with Gasteiger partial charge >= 0.3 is 5.97 Å². The Balaban J connectivity index is 2.43. The van der Waals surface area contributed by atoms with Gasteiger partial charge in [-0.25, -0.2) is 0 Å². The standard InChI is InChI=1S/C12H16ClN3O4/c13-8-4-5-10(11(7-8)16(19)20)15-6-2-1-3-9(14)12(17)18/h4-5,7,9,15H,1-3,6,14H2,(H,17,18)/t9-/m0/s1. The van der Waals surface area contributed by atoms with Gasteiger partial charge in [0.1, 0.15) is 11.7 Å². The Morgan fingerprint density at radius 2 is 2.20 bits per heavy atom. The molecule has 0 saturated carbocycles. The number of nitro benzene ring substituents is 1. The lowest BCUT2D eigenvalue weighted by molar-refractivity contribution is -0.383. The van der Waals surface area contributed by atoms with Crippen molar-refractivity contribution < 1.29 is 14.8 Å². The van der Waals surface area contributed by atoms with Gasteiger partial charge in [-0.3, -0.25) is 14.9 Å². The number of anilines is 1. The first-order valence-corrected chi connectivity index (χ1v) is 6.46. The molecule has 0 radical (unpaired) electrons. The lowest BCUT2D eigenvalue weighted by atomic mass is 10.1. The summed E-state index contributed by atoms with van der Waals surface area (Å²) in [6.45, 7) is 0.495. The van der Waals surface area contributed by atoms with Crippen molar-refractivity contribution in [1.82, 2.24) is 0 Å². The molecule has 0 fully saturated rings. The van der Waals surface area contributed by atoms with Crippen molar-refractivity contribution in [2.75, 3.05) is 11.9 Å². The van der Waals surface area contributed by atoms with E-state index in [0.717, 1.165) is 0 Å². The number of nitrogens with two attached hydrogens (primary N) is 1. The molecule has 8 heteroatoms. The van der Waals surface area contributed by atoms with E-state index in [1.54, 1.807) is 12.1 Å². The van der Waals surface area contributed by atoms with Crippen molar-refractivity contribution in [1.29, 1.82) is 0 Å². The molecule has 0 heterocycles. The third-order valence-electron chi connectivity index (χ3n) is 2.73. The Kier molecular flexibility index (Phi) is 6.20. The summed E-state index contributed by atoms with van der Waals surface area (Å²) < 4.78 is 0. The summed E-state index contributed by atoms with van der Waals surface area (Å²) in [5.74, 6) is -1.02. The lowest BCUT2D eigenvalue weighted by Gasteiger charge is -2.08. The highest BCUT2D eigenvalue weighted by atomic mass is 35.5. The highest BCUT2D eigenvalue weighted by Gasteiger charge is 2.14. The Labute approximate surface area is 120 Å². The van der Waals surface area contributed by atoms with Crippen molar-refractivity contribution in [2.24, 2.45) is 5.73 Å². The van der Waals surface area contributed by atoms with Gasteiger partial charge in [-0.05, 0) is 31.4 Å². The van der Waals surface area contributed by atoms with Crippen LogP contribution in [0.4, 0.5) is 11.4 Å². The maximum absolute atomic E-state index is 10.9. The Morgan fingerprint density at radius 3 is 2.80 bits per heavy atom. The fraction of sp³-hybridized carbons (Fsp3) is 0.417. The summed E-state index contributed by atoms with van der Waals surface area (Å²) >= 11 is 5.71. The van der Waals surface area contributed by atoms with E-state index in [1.165, 1.54) is 6.07 Å². The number of aliphatic carboxylic acids is 1. The largest absolute Gasteiger partial charge is 0.480 e. The van der Waals surface area contributed by atoms with Crippen LogP contribution in [-0.4, -0.2) is 28.6 Å². The van der Waals surface area contributed by atoms with Gasteiger partial charge < -0.3 is 16.2 Å². The maximum atomic E-state index is 10.9. The quantitative estimate of drug-likeness (QED) is 0.385. The van der Waals surface area contributed by atoms with E-state index in [4.69, 9.17) is 22.4 Å². The number of hydrogen-bond donors (Lipinski definition) is 3. The minimum Gasteiger partial charge on any atom is -0.480 e. The van der Waals surface area contributed by atoms with Gasteiger partial charge in [0, 0.05) is 17.6 Å². The average molecular weight is 302 g/mol. The number of halogens is 1. The van der Waals surface area contributed by atoms with Crippen LogP contribution in [0.2, 0.25) is 5.02 Å². The number of nitrogens with one attached hydrogen (secondary N) is 1. The molecular weight excluding hydrogens is 286 g/mol. The number of unbranched alkanes of at least 4 members (excludes halogenated alkanes) is 1. The fourth-order valence-corrected chi connectivity index (χ4v) is 1.81. The van der Waals surface area contributed by atoms with Crippen molar-refractivity contribution in [3.8, 4) is 0 Å². The van der Waals surface area contributed by atoms with E-state index < -0.39 is 16.9 Å². The molecule has 0 amide bonds. The molecule has 7 nitrogen and oxygen atoms in total. The van der Waals surface area contributed by atoms with Gasteiger partial charge in [0.2, 0.25) is 0 Å². The molecule has 0 aromatic heterocycles. The Morgan fingerprint density at radius 1 is 1.50 bits per heavy atom. The molecule has 20 heavy (non-hydrogen) atoms. The summed E-state index contributed by atoms with van der Waals surface area (Å²) in [4.78, 5) is 20.9. The van der Waals surface area contributed by atoms with E-state index in [-0.39, 0.29) is 5.69 Å². The zero-order valence-electron chi connectivity index (χ0n) is 10.7. The number of carbonyl (C=O) groups is 1. The second kappa shape index (κ2) is 7.66. The first-order valence-electron chi connectivity index (χ1n) is 6.08. The predicted molar refractivity (Wildman–Crippen MR) is 76.1 cm³/mol. The zero-order chi connectivity index (χ0) is 15.1. The van der Waals surface area contributed by atoms with E-state index >= 15 is 0 Å². The molecule has 0 saturated heterocycles. The molecule has 0 aliphatic rings. The van der Waals surface area contributed by atoms with Gasteiger partial charge in [0.15, 0.2) is 0 Å². The van der Waals surface area contributed by atoms with Crippen LogP contribution in [0.15, 0.2) is 18.2 Å². The Bertz CT molecular complexity index is 496. The summed E-state index contributed by atoms with van der Waals surface area (Å²) in [5.41, 5.74) is 5.67. The maximum Gasteiger partial charge on any atom is 0.320 e. The third kappa shape index (κ3) is 5.02. The molecule has 0 aliphatic carbocycles. The average Bonchev–Trinajstić information content (AvgIpc) is 2.39. The molecule has 1 aromatic rings. The van der Waals surface area contributed by atoms with Crippen molar-refractivity contribution in [3.05, 3.63) is 33.3 Å². The number of rotatable bonds is 8. The zero-order valence-corrected chi connectivity index (χ0v) is 11.5. The van der Waals surface area contributed by atoms with Crippen LogP contribution in [0, 0.1) is 10.1 Å². The molecule has 1 atom stereocenters. The van der Waals surface area contributed by atoms with E-state index in [1.807, 2.05) is 0 Å². The molecule has 0 unspecified atom stereocenters. The SMILES string of the molecule is N[C@@H](CCCCNc1ccc(Cl)cc1[N+](=O)[O-])C(=O)O. The van der Waals surface area contributed by atoms with Crippen molar-refractivity contribution in [2.45, 2.75) is 25.3 Å². The monoisotopic (exact) mass is 301 g/mol. The van der Waals surface area contributed by atoms with Gasteiger partial charge in [0.05, 0.1) is 4.92 Å². The smallest absolute Gasteiger partial charge is 0.320 e. The minimum atomic E-state index is -1.02. The number of hydrogen-bond acceptors (Lipinski definition) is 5. The van der Waals surface area contributed by atoms with Crippen molar-refractivity contribution in [3.63, 3.8) is 0 Å². The van der Waals surface area contributed by atoms with Crippen LogP contribution < -0.4 is 11.1 Å². The van der Waals surface area contributed by atoms with E-state index in [2.05, 4.69) is 5.32 Å². The summed E-state index contributed by atoms with van der Waals surface area (Å²) in [5, 5.41) is 22.7. The second-order valence-electron chi connectivity index (χ2n) is 4.29. The number of carboxylic acids is 1. The molecule has 0 aliphatic heterocycles. The summed E-state index contributed by atoms with van der Waals surface area (Å²) in [6, 6.07) is 3.53. The number of nitrogens with zero attached hydrogens (tertiary/aromatic N) is 1. The predicted octanol–water partition coefficient (Wildman–Crippen LogP) is 2.24. The second-order valence-corrected chi connectivity index (χ2v) is 4.72. The lowest BCUT2D eigenvalue weighted by Crippen LogP contribution is -2.29. The summed E-state index contributed by atoms with van der Waals surface area (Å²) in [7, 11) is 0. The molecule has 110 valence electrons. The van der Waals surface area contributed by atoms with Crippen LogP contribution in [-0.2, 0) is 4.79 Å². The highest BCUT2D eigenvalue weighted by molar-refractivity contribution is 6.30. The first-order chi connectivity index (χ1) is 9.41. The van der Waals surface area contributed by atoms with Crippen LogP contribution in [0.3, 0.4) is 0 Å². The topological polar surface area (TPSA) is 118 Å². The Hall–Kier alpha value is -1.86. The van der Waals surface area contributed by atoms with Gasteiger partial charge in [0.25, 0.3) is 5.69 Å². The molecule has 0 bridgehead atoms. The molecule has 1 aromatic carbocycles. The van der Waals surface area contributed by atoms with Gasteiger partial charge in [-0.15, -0.1) is 0 Å². The van der Waals surface area contributed by atoms with Crippen LogP contribution in [0.1, 0.15) is 19.3 Å². The molecule has 0 spiro atoms. The summed E-state index contributed by atoms with van der Waals surface area (Å²) in [6.07, 6.45) is 1.67. The first kappa shape index (κ1) is 16.2. The molecule has 1 rings (SSSR count). The number of nitro groups is 1. The normalized spacial score (nSPS) is 11.9. The number of carboxylic acid groups (broad SMARTS) is 1. The van der Waals surface area contributed by atoms with Crippen LogP contribution >= 0.6 is 11.6 Å². The molecular formula is C12H16ClN3O4. The van der Waals surface area contributed by atoms with Crippen LogP contribution in [0.25, 0.3) is 0 Å². The van der Waals surface area contributed by atoms with E-state index in [9.17, 15) is 14.9 Å². The molecule has 4 N–H and O–H groups in total. The fourth-order valence-electron chi connectivity index (χ4n) is 1.64.